The van der Waals surface area contributed by atoms with E-state index in [1.165, 1.54) is 27.9 Å². The number of nitrogens with one attached hydrogen (secondary N) is 2. The minimum atomic E-state index is -2.11. The number of hydrogen-bond acceptors (Lipinski definition) is 13. The average molecular weight is 812 g/mol. The number of benzene rings is 1. The van der Waals surface area contributed by atoms with E-state index in [1.807, 2.05) is 25.9 Å². The lowest BCUT2D eigenvalue weighted by Crippen LogP contribution is -2.60. The Morgan fingerprint density at radius 1 is 0.964 bits per heavy atom. The van der Waals surface area contributed by atoms with Crippen molar-refractivity contribution >= 4 is 41.1 Å². The number of Topliss-reactive ketones (excluding diaryl/α,β-unsaturated/α-hetero) is 2. The molecule has 1 aromatic rings. The molecule has 4 N–H and O–H groups in total. The van der Waals surface area contributed by atoms with Gasteiger partial charge in [0.1, 0.15) is 35.6 Å². The number of aliphatic hydroxyl groups is 2. The Labute approximate surface area is 335 Å². The van der Waals surface area contributed by atoms with Crippen molar-refractivity contribution in [1.82, 2.24) is 15.5 Å². The molecule has 316 valence electrons. The quantitative estimate of drug-likeness (QED) is 0.152. The molecule has 56 heavy (non-hydrogen) atoms. The number of ether oxygens (including phenoxy) is 5. The Balaban J connectivity index is 1.94. The van der Waals surface area contributed by atoms with E-state index in [4.69, 9.17) is 35.3 Å². The standard InChI is InChI=1S/C40H62ClN3O12/c1-12-29-40(8,51)34(56-38(50)43-18-17-42-35(48)26-13-15-27(41)16-14-26)23(4)30(45)21(2)20-39(7,52-11)33(24(5)31(46)25(6)36(49)54-29)55-37-32(47)28(44(9)10)19-22(3)53-37/h13-16,21-25,28-29,32-34,37,47,51H,12,17-20H2,1-11H3,(H,42,48)(H,43,50)/t21-,22-,23+,24+,25-,28+,29-,32-,33-,34-,37+,39-,40-/m1/s1. The third kappa shape index (κ3) is 11.3. The van der Waals surface area contributed by atoms with E-state index in [1.54, 1.807) is 52.0 Å². The first-order valence-corrected chi connectivity index (χ1v) is 19.7. The van der Waals surface area contributed by atoms with Gasteiger partial charge in [0.05, 0.1) is 23.7 Å². The second-order valence-electron chi connectivity index (χ2n) is 15.9. The van der Waals surface area contributed by atoms with Crippen LogP contribution in [0.4, 0.5) is 4.79 Å². The topological polar surface area (TPSA) is 199 Å². The number of likely N-dealkylation sites (N-methyl/N-ethyl adjacent to an activating group) is 1. The molecule has 0 radical (unpaired) electrons. The molecule has 0 spiro atoms. The molecule has 2 heterocycles. The van der Waals surface area contributed by atoms with Gasteiger partial charge in [-0.15, -0.1) is 0 Å². The molecular weight excluding hydrogens is 750 g/mol. The van der Waals surface area contributed by atoms with Crippen LogP contribution in [0.15, 0.2) is 24.3 Å². The molecule has 0 aromatic heterocycles. The number of methoxy groups -OCH3 is 1. The highest BCUT2D eigenvalue weighted by atomic mass is 35.5. The first-order valence-electron chi connectivity index (χ1n) is 19.3. The van der Waals surface area contributed by atoms with Gasteiger partial charge < -0.3 is 49.4 Å². The maximum atomic E-state index is 14.3. The van der Waals surface area contributed by atoms with Gasteiger partial charge in [-0.1, -0.05) is 39.3 Å². The number of carbonyl (C=O) groups is 5. The summed E-state index contributed by atoms with van der Waals surface area (Å²) in [4.78, 5) is 69.8. The lowest BCUT2D eigenvalue weighted by Gasteiger charge is -2.47. The monoisotopic (exact) mass is 811 g/mol. The molecule has 2 fully saturated rings. The van der Waals surface area contributed by atoms with E-state index in [-0.39, 0.29) is 44.0 Å². The number of nitrogens with zero attached hydrogens (tertiary/aromatic N) is 1. The van der Waals surface area contributed by atoms with Crippen LogP contribution < -0.4 is 10.6 Å². The largest absolute Gasteiger partial charge is 0.459 e. The highest BCUT2D eigenvalue weighted by Gasteiger charge is 2.53. The number of alkyl carbamates (subject to hydrolysis) is 1. The minimum Gasteiger partial charge on any atom is -0.459 e. The number of carbonyl (C=O) groups excluding carboxylic acids is 5. The molecule has 2 saturated heterocycles. The summed E-state index contributed by atoms with van der Waals surface area (Å²) >= 11 is 5.90. The normalized spacial score (nSPS) is 36.3. The Morgan fingerprint density at radius 2 is 1.55 bits per heavy atom. The van der Waals surface area contributed by atoms with Crippen molar-refractivity contribution in [3.05, 3.63) is 34.9 Å². The van der Waals surface area contributed by atoms with E-state index >= 15 is 0 Å². The van der Waals surface area contributed by atoms with Gasteiger partial charge in [0, 0.05) is 48.7 Å². The van der Waals surface area contributed by atoms with Gasteiger partial charge >= 0.3 is 12.1 Å². The van der Waals surface area contributed by atoms with Crippen LogP contribution in [0, 0.1) is 23.7 Å². The predicted molar refractivity (Wildman–Crippen MR) is 207 cm³/mol. The maximum absolute atomic E-state index is 14.3. The van der Waals surface area contributed by atoms with Crippen molar-refractivity contribution in [2.24, 2.45) is 23.7 Å². The fourth-order valence-corrected chi connectivity index (χ4v) is 7.97. The third-order valence-electron chi connectivity index (χ3n) is 11.3. The lowest BCUT2D eigenvalue weighted by atomic mass is 9.74. The molecule has 13 atom stereocenters. The first kappa shape index (κ1) is 47.2. The number of esters is 1. The van der Waals surface area contributed by atoms with Gasteiger partial charge in [-0.05, 0) is 85.3 Å². The Bertz CT molecular complexity index is 1530. The van der Waals surface area contributed by atoms with E-state index in [0.717, 1.165) is 0 Å². The molecule has 0 bridgehead atoms. The molecular formula is C40H62ClN3O12. The number of rotatable bonds is 10. The number of halogens is 1. The van der Waals surface area contributed by atoms with Crippen molar-refractivity contribution in [2.75, 3.05) is 34.3 Å². The number of amides is 2. The molecule has 15 nitrogen and oxygen atoms in total. The lowest BCUT2D eigenvalue weighted by molar-refractivity contribution is -0.295. The molecule has 0 saturated carbocycles. The molecule has 2 aliphatic heterocycles. The average Bonchev–Trinajstić information content (AvgIpc) is 3.15. The molecule has 1 aromatic carbocycles. The van der Waals surface area contributed by atoms with Crippen LogP contribution in [0.2, 0.25) is 5.02 Å². The molecule has 0 unspecified atom stereocenters. The van der Waals surface area contributed by atoms with Crippen molar-refractivity contribution in [3.8, 4) is 0 Å². The zero-order valence-electron chi connectivity index (χ0n) is 34.5. The summed E-state index contributed by atoms with van der Waals surface area (Å²) in [6.45, 7) is 12.6. The third-order valence-corrected chi connectivity index (χ3v) is 11.5. The van der Waals surface area contributed by atoms with Gasteiger partial charge in [0.2, 0.25) is 0 Å². The van der Waals surface area contributed by atoms with Gasteiger partial charge in [-0.3, -0.25) is 19.2 Å². The zero-order valence-corrected chi connectivity index (χ0v) is 35.3. The van der Waals surface area contributed by atoms with E-state index < -0.39 is 89.2 Å². The van der Waals surface area contributed by atoms with E-state index in [2.05, 4.69) is 10.6 Å². The van der Waals surface area contributed by atoms with Crippen LogP contribution in [0.5, 0.6) is 0 Å². The first-order chi connectivity index (χ1) is 26.1. The highest BCUT2D eigenvalue weighted by molar-refractivity contribution is 6.30. The summed E-state index contributed by atoms with van der Waals surface area (Å²) in [5.41, 5.74) is -3.11. The summed E-state index contributed by atoms with van der Waals surface area (Å²) in [5, 5.41) is 29.1. The summed E-state index contributed by atoms with van der Waals surface area (Å²) < 4.78 is 30.2. The summed E-state index contributed by atoms with van der Waals surface area (Å²) in [6.07, 6.45) is -6.97. The summed E-state index contributed by atoms with van der Waals surface area (Å²) in [6, 6.07) is 5.95. The zero-order chi connectivity index (χ0) is 42.3. The molecule has 2 amide bonds. The van der Waals surface area contributed by atoms with Crippen molar-refractivity contribution in [2.45, 2.75) is 129 Å². The highest BCUT2D eigenvalue weighted by Crippen LogP contribution is 2.39. The summed E-state index contributed by atoms with van der Waals surface area (Å²) in [7, 11) is 5.09. The second-order valence-corrected chi connectivity index (χ2v) is 16.4. The van der Waals surface area contributed by atoms with Crippen molar-refractivity contribution in [3.63, 3.8) is 0 Å². The Kier molecular flexibility index (Phi) is 16.8. The smallest absolute Gasteiger partial charge is 0.407 e. The van der Waals surface area contributed by atoms with E-state index in [9.17, 15) is 34.2 Å². The van der Waals surface area contributed by atoms with Crippen LogP contribution in [0.3, 0.4) is 0 Å². The van der Waals surface area contributed by atoms with Crippen molar-refractivity contribution < 1.29 is 57.9 Å². The molecule has 3 rings (SSSR count). The van der Waals surface area contributed by atoms with Crippen LogP contribution in [-0.2, 0) is 38.1 Å². The van der Waals surface area contributed by atoms with Gasteiger partial charge in [-0.25, -0.2) is 4.79 Å². The predicted octanol–water partition coefficient (Wildman–Crippen LogP) is 3.54. The van der Waals surface area contributed by atoms with Gasteiger partial charge in [0.15, 0.2) is 12.1 Å². The fourth-order valence-electron chi connectivity index (χ4n) is 7.84. The Hall–Kier alpha value is -3.18. The van der Waals surface area contributed by atoms with Crippen LogP contribution in [0.1, 0.15) is 85.0 Å². The van der Waals surface area contributed by atoms with Crippen molar-refractivity contribution in [1.29, 1.82) is 0 Å². The SMILES string of the molecule is CC[C@H]1OC(=O)[C@H](C)C(=O)[C@H](C)[C@@H](O[C@@H]2O[C@H](C)C[C@H](N(C)C)[C@H]2O)[C@](C)(OC)C[C@@H](C)C(=O)[C@H](C)[C@@H](OC(=O)NCCNC(=O)c2ccc(Cl)cc2)[C@]1(C)O. The second kappa shape index (κ2) is 20.0. The van der Waals surface area contributed by atoms with Gasteiger partial charge in [-0.2, -0.15) is 0 Å². The fraction of sp³-hybridized carbons (Fsp3) is 0.725. The number of aliphatic hydroxyl groups excluding tert-OH is 1. The van der Waals surface area contributed by atoms with Gasteiger partial charge in [0.25, 0.3) is 5.91 Å². The van der Waals surface area contributed by atoms with Crippen LogP contribution in [0.25, 0.3) is 0 Å². The van der Waals surface area contributed by atoms with E-state index in [0.29, 0.717) is 17.0 Å². The van der Waals surface area contributed by atoms with Crippen LogP contribution in [-0.4, -0.2) is 133 Å². The number of ketones is 2. The number of cyclic esters (lactones) is 1. The molecule has 2 aliphatic rings. The van der Waals surface area contributed by atoms with Crippen LogP contribution >= 0.6 is 11.6 Å². The minimum absolute atomic E-state index is 0.00511. The summed E-state index contributed by atoms with van der Waals surface area (Å²) in [5.74, 6) is -6.62. The Morgan fingerprint density at radius 3 is 2.12 bits per heavy atom. The molecule has 0 aliphatic carbocycles. The maximum Gasteiger partial charge on any atom is 0.407 e. The number of hydrogen-bond donors (Lipinski definition) is 4. The molecule has 16 heteroatoms.